The quantitative estimate of drug-likeness (QED) is 0.805. The number of fused-ring (bicyclic) bond motifs is 1. The zero-order valence-corrected chi connectivity index (χ0v) is 10.8. The van der Waals surface area contributed by atoms with Crippen LogP contribution >= 0.6 is 0 Å². The third-order valence-corrected chi connectivity index (χ3v) is 2.84. The molecule has 0 saturated heterocycles. The van der Waals surface area contributed by atoms with Gasteiger partial charge in [-0.2, -0.15) is 13.2 Å². The van der Waals surface area contributed by atoms with Crippen LogP contribution in [0.25, 0.3) is 11.0 Å². The summed E-state index contributed by atoms with van der Waals surface area (Å²) in [5, 5.41) is 0.760. The van der Waals surface area contributed by atoms with Crippen molar-refractivity contribution in [3.63, 3.8) is 0 Å². The molecule has 1 aromatic heterocycles. The number of ether oxygens (including phenoxy) is 1. The van der Waals surface area contributed by atoms with E-state index in [4.69, 9.17) is 9.15 Å². The highest BCUT2D eigenvalue weighted by Crippen LogP contribution is 2.24. The van der Waals surface area contributed by atoms with Crippen LogP contribution in [0.4, 0.5) is 13.2 Å². The molecule has 0 amide bonds. The van der Waals surface area contributed by atoms with E-state index in [1.165, 1.54) is 12.1 Å². The normalized spacial score (nSPS) is 11.8. The summed E-state index contributed by atoms with van der Waals surface area (Å²) in [4.78, 5) is 11.4. The van der Waals surface area contributed by atoms with Crippen LogP contribution in [-0.2, 0) is 6.42 Å². The summed E-state index contributed by atoms with van der Waals surface area (Å²) in [7, 11) is 0. The fourth-order valence-electron chi connectivity index (χ4n) is 1.88. The van der Waals surface area contributed by atoms with Gasteiger partial charge < -0.3 is 9.15 Å². The van der Waals surface area contributed by atoms with Gasteiger partial charge in [0.1, 0.15) is 11.3 Å². The van der Waals surface area contributed by atoms with E-state index in [0.29, 0.717) is 12.0 Å². The molecule has 2 aromatic rings. The lowest BCUT2D eigenvalue weighted by molar-refractivity contribution is -0.139. The maximum absolute atomic E-state index is 12.0. The highest BCUT2D eigenvalue weighted by atomic mass is 19.4. The smallest absolute Gasteiger partial charge is 0.392 e. The number of rotatable bonds is 4. The Morgan fingerprint density at radius 1 is 1.25 bits per heavy atom. The fraction of sp³-hybridized carbons (Fsp3) is 0.357. The van der Waals surface area contributed by atoms with Gasteiger partial charge in [0.25, 0.3) is 0 Å². The van der Waals surface area contributed by atoms with E-state index in [9.17, 15) is 18.0 Å². The van der Waals surface area contributed by atoms with Crippen LogP contribution in [-0.4, -0.2) is 12.8 Å². The van der Waals surface area contributed by atoms with Crippen LogP contribution in [0.15, 0.2) is 33.5 Å². The highest BCUT2D eigenvalue weighted by Gasteiger charge is 2.26. The maximum Gasteiger partial charge on any atom is 0.392 e. The van der Waals surface area contributed by atoms with E-state index >= 15 is 0 Å². The molecule has 1 aromatic carbocycles. The molecule has 0 aliphatic rings. The molecular weight excluding hydrogens is 273 g/mol. The van der Waals surface area contributed by atoms with Crippen LogP contribution in [0.5, 0.6) is 5.75 Å². The standard InChI is InChI=1S/C14H13F3O3/c1-2-9-7-13(18)20-12-8-10(3-4-11(9)12)19-6-5-14(15,16)17/h3-4,7-8H,2,5-6H2,1H3. The molecule has 0 aliphatic heterocycles. The van der Waals surface area contributed by atoms with Gasteiger partial charge in [-0.1, -0.05) is 6.92 Å². The SMILES string of the molecule is CCc1cc(=O)oc2cc(OCCC(F)(F)F)ccc12. The minimum absolute atomic E-state index is 0.248. The van der Waals surface area contributed by atoms with Crippen molar-refractivity contribution in [3.05, 3.63) is 40.2 Å². The van der Waals surface area contributed by atoms with E-state index in [2.05, 4.69) is 0 Å². The molecule has 108 valence electrons. The predicted molar refractivity (Wildman–Crippen MR) is 68.0 cm³/mol. The van der Waals surface area contributed by atoms with Crippen molar-refractivity contribution in [2.45, 2.75) is 25.9 Å². The second-order valence-corrected chi connectivity index (χ2v) is 4.32. The second-order valence-electron chi connectivity index (χ2n) is 4.32. The first kappa shape index (κ1) is 14.4. The Hall–Kier alpha value is -1.98. The van der Waals surface area contributed by atoms with Gasteiger partial charge in [-0.05, 0) is 24.1 Å². The minimum Gasteiger partial charge on any atom is -0.493 e. The summed E-state index contributed by atoms with van der Waals surface area (Å²) >= 11 is 0. The number of hydrogen-bond donors (Lipinski definition) is 0. The Balaban J connectivity index is 2.23. The van der Waals surface area contributed by atoms with Crippen molar-refractivity contribution in [3.8, 4) is 5.75 Å². The van der Waals surface area contributed by atoms with Gasteiger partial charge in [-0.3, -0.25) is 0 Å². The summed E-state index contributed by atoms with van der Waals surface area (Å²) in [5.41, 5.74) is 0.666. The first-order valence-corrected chi connectivity index (χ1v) is 6.15. The molecule has 0 unspecified atom stereocenters. The number of halogens is 3. The van der Waals surface area contributed by atoms with Gasteiger partial charge >= 0.3 is 11.8 Å². The van der Waals surface area contributed by atoms with E-state index < -0.39 is 24.8 Å². The molecule has 3 nitrogen and oxygen atoms in total. The van der Waals surface area contributed by atoms with E-state index in [1.807, 2.05) is 6.92 Å². The molecule has 6 heteroatoms. The molecule has 20 heavy (non-hydrogen) atoms. The molecule has 1 heterocycles. The third-order valence-electron chi connectivity index (χ3n) is 2.84. The number of hydrogen-bond acceptors (Lipinski definition) is 3. The molecule has 0 saturated carbocycles. The van der Waals surface area contributed by atoms with Crippen LogP contribution in [0.1, 0.15) is 18.9 Å². The lowest BCUT2D eigenvalue weighted by Crippen LogP contribution is -2.13. The third kappa shape index (κ3) is 3.53. The van der Waals surface area contributed by atoms with Crippen molar-refractivity contribution in [2.24, 2.45) is 0 Å². The largest absolute Gasteiger partial charge is 0.493 e. The molecule has 0 radical (unpaired) electrons. The van der Waals surface area contributed by atoms with Crippen molar-refractivity contribution in [2.75, 3.05) is 6.61 Å². The molecule has 2 rings (SSSR count). The average Bonchev–Trinajstić information content (AvgIpc) is 2.35. The van der Waals surface area contributed by atoms with Crippen molar-refractivity contribution >= 4 is 11.0 Å². The highest BCUT2D eigenvalue weighted by molar-refractivity contribution is 5.81. The van der Waals surface area contributed by atoms with Gasteiger partial charge in [0.15, 0.2) is 0 Å². The zero-order valence-electron chi connectivity index (χ0n) is 10.8. The first-order chi connectivity index (χ1) is 9.39. The Morgan fingerprint density at radius 3 is 2.65 bits per heavy atom. The summed E-state index contributed by atoms with van der Waals surface area (Å²) < 4.78 is 46.1. The number of alkyl halides is 3. The second kappa shape index (κ2) is 5.56. The van der Waals surface area contributed by atoms with Crippen LogP contribution in [0.2, 0.25) is 0 Å². The monoisotopic (exact) mass is 286 g/mol. The van der Waals surface area contributed by atoms with Gasteiger partial charge in [0, 0.05) is 17.5 Å². The van der Waals surface area contributed by atoms with E-state index in [1.54, 1.807) is 12.1 Å². The summed E-state index contributed by atoms with van der Waals surface area (Å²) in [6, 6.07) is 6.09. The molecule has 0 fully saturated rings. The average molecular weight is 286 g/mol. The first-order valence-electron chi connectivity index (χ1n) is 6.15. The summed E-state index contributed by atoms with van der Waals surface area (Å²) in [5.74, 6) is 0.248. The van der Waals surface area contributed by atoms with Crippen LogP contribution in [0, 0.1) is 0 Å². The van der Waals surface area contributed by atoms with Gasteiger partial charge in [-0.15, -0.1) is 0 Å². The van der Waals surface area contributed by atoms with Crippen molar-refractivity contribution < 1.29 is 22.3 Å². The van der Waals surface area contributed by atoms with Crippen LogP contribution in [0.3, 0.4) is 0 Å². The zero-order chi connectivity index (χ0) is 14.8. The minimum atomic E-state index is -4.25. The predicted octanol–water partition coefficient (Wildman–Crippen LogP) is 3.69. The Kier molecular flexibility index (Phi) is 4.01. The Morgan fingerprint density at radius 2 is 2.00 bits per heavy atom. The molecule has 0 aliphatic carbocycles. The number of aryl methyl sites for hydroxylation is 1. The molecular formula is C14H13F3O3. The van der Waals surface area contributed by atoms with Crippen molar-refractivity contribution in [1.29, 1.82) is 0 Å². The van der Waals surface area contributed by atoms with Gasteiger partial charge in [0.05, 0.1) is 13.0 Å². The lowest BCUT2D eigenvalue weighted by Gasteiger charge is -2.09. The number of benzene rings is 1. The maximum atomic E-state index is 12.0. The molecule has 0 N–H and O–H groups in total. The van der Waals surface area contributed by atoms with Gasteiger partial charge in [0.2, 0.25) is 0 Å². The lowest BCUT2D eigenvalue weighted by atomic mass is 10.1. The summed E-state index contributed by atoms with van der Waals surface area (Å²) in [6.07, 6.45) is -4.61. The van der Waals surface area contributed by atoms with E-state index in [-0.39, 0.29) is 5.75 Å². The fourth-order valence-corrected chi connectivity index (χ4v) is 1.88. The topological polar surface area (TPSA) is 39.4 Å². The van der Waals surface area contributed by atoms with E-state index in [0.717, 1.165) is 10.9 Å². The molecule has 0 bridgehead atoms. The molecule has 0 spiro atoms. The van der Waals surface area contributed by atoms with Gasteiger partial charge in [-0.25, -0.2) is 4.79 Å². The summed E-state index contributed by atoms with van der Waals surface area (Å²) in [6.45, 7) is 1.44. The Bertz CT molecular complexity index is 659. The Labute approximate surface area is 113 Å². The van der Waals surface area contributed by atoms with Crippen LogP contribution < -0.4 is 10.4 Å². The van der Waals surface area contributed by atoms with Crippen molar-refractivity contribution in [1.82, 2.24) is 0 Å². The molecule has 0 atom stereocenters.